The van der Waals surface area contributed by atoms with Crippen LogP contribution in [0.1, 0.15) is 23.0 Å². The standard InChI is InChI=1S/C17H16ClF4N5.ClH/c18-13-7-14(26-16(25-13)17(20,21)22)24-11-2-1-9-10(15(11)19)3-5-27-6-4-23-8-12(9)27;/h1-2,7,12,23H,3-6,8H2,(H,24,25,26);1H/t12-;/m1./s1. The molecule has 1 fully saturated rings. The van der Waals surface area contributed by atoms with Crippen LogP contribution in [0, 0.1) is 5.82 Å². The Morgan fingerprint density at radius 3 is 2.75 bits per heavy atom. The second-order valence-electron chi connectivity index (χ2n) is 6.52. The number of hydrogen-bond donors (Lipinski definition) is 2. The van der Waals surface area contributed by atoms with Crippen molar-refractivity contribution >= 4 is 35.5 Å². The Morgan fingerprint density at radius 2 is 2.00 bits per heavy atom. The van der Waals surface area contributed by atoms with Gasteiger partial charge in [0.05, 0.1) is 5.69 Å². The fourth-order valence-corrected chi connectivity index (χ4v) is 3.80. The van der Waals surface area contributed by atoms with Gasteiger partial charge in [-0.25, -0.2) is 14.4 Å². The maximum absolute atomic E-state index is 15.0. The van der Waals surface area contributed by atoms with Gasteiger partial charge in [-0.15, -0.1) is 12.4 Å². The molecule has 1 aromatic heterocycles. The van der Waals surface area contributed by atoms with Crippen molar-refractivity contribution in [3.05, 3.63) is 46.1 Å². The van der Waals surface area contributed by atoms with E-state index in [4.69, 9.17) is 11.6 Å². The van der Waals surface area contributed by atoms with Gasteiger partial charge in [-0.1, -0.05) is 17.7 Å². The fourth-order valence-electron chi connectivity index (χ4n) is 3.62. The van der Waals surface area contributed by atoms with E-state index < -0.39 is 17.8 Å². The topological polar surface area (TPSA) is 53.1 Å². The molecule has 2 aliphatic rings. The summed E-state index contributed by atoms with van der Waals surface area (Å²) >= 11 is 5.66. The largest absolute Gasteiger partial charge is 0.451 e. The lowest BCUT2D eigenvalue weighted by Gasteiger charge is -2.41. The normalized spacial score (nSPS) is 19.4. The van der Waals surface area contributed by atoms with E-state index in [0.717, 1.165) is 37.8 Å². The zero-order valence-corrected chi connectivity index (χ0v) is 16.1. The van der Waals surface area contributed by atoms with Crippen molar-refractivity contribution in [2.75, 3.05) is 31.5 Å². The van der Waals surface area contributed by atoms with Gasteiger partial charge in [-0.3, -0.25) is 4.90 Å². The van der Waals surface area contributed by atoms with Crippen LogP contribution in [0.25, 0.3) is 0 Å². The summed E-state index contributed by atoms with van der Waals surface area (Å²) in [7, 11) is 0. The van der Waals surface area contributed by atoms with E-state index in [0.29, 0.717) is 12.0 Å². The summed E-state index contributed by atoms with van der Waals surface area (Å²) in [5.41, 5.74) is 1.56. The molecule has 1 aromatic carbocycles. The van der Waals surface area contributed by atoms with Crippen LogP contribution >= 0.6 is 24.0 Å². The maximum Gasteiger partial charge on any atom is 0.451 e. The molecule has 0 radical (unpaired) electrons. The molecule has 11 heteroatoms. The molecule has 0 bridgehead atoms. The molecule has 2 N–H and O–H groups in total. The fraction of sp³-hybridized carbons (Fsp3) is 0.412. The highest BCUT2D eigenvalue weighted by Crippen LogP contribution is 2.36. The number of halogens is 6. The SMILES string of the molecule is Cl.Fc1c(Nc2cc(Cl)nc(C(F)(F)F)n2)ccc2c1CCN1CCNC[C@H]21. The van der Waals surface area contributed by atoms with Crippen LogP contribution in [0.4, 0.5) is 29.1 Å². The Kier molecular flexibility index (Phi) is 6.00. The van der Waals surface area contributed by atoms with Crippen molar-refractivity contribution in [2.24, 2.45) is 0 Å². The average molecular weight is 438 g/mol. The Hall–Kier alpha value is -1.68. The molecule has 0 aliphatic carbocycles. The molecule has 4 rings (SSSR count). The smallest absolute Gasteiger partial charge is 0.338 e. The highest BCUT2D eigenvalue weighted by atomic mass is 35.5. The second-order valence-corrected chi connectivity index (χ2v) is 6.91. The molecule has 1 saturated heterocycles. The van der Waals surface area contributed by atoms with E-state index in [1.54, 1.807) is 0 Å². The molecule has 0 amide bonds. The Labute approximate surface area is 169 Å². The van der Waals surface area contributed by atoms with Gasteiger partial charge < -0.3 is 10.6 Å². The lowest BCUT2D eigenvalue weighted by atomic mass is 9.90. The Morgan fingerprint density at radius 1 is 1.21 bits per heavy atom. The van der Waals surface area contributed by atoms with Gasteiger partial charge in [0.15, 0.2) is 0 Å². The van der Waals surface area contributed by atoms with Gasteiger partial charge in [-0.2, -0.15) is 13.2 Å². The van der Waals surface area contributed by atoms with Crippen LogP contribution in [0.5, 0.6) is 0 Å². The number of alkyl halides is 3. The van der Waals surface area contributed by atoms with Crippen molar-refractivity contribution in [1.29, 1.82) is 0 Å². The second kappa shape index (κ2) is 7.98. The van der Waals surface area contributed by atoms with E-state index in [9.17, 15) is 13.2 Å². The number of fused-ring (bicyclic) bond motifs is 3. The van der Waals surface area contributed by atoms with Crippen LogP contribution in [0.3, 0.4) is 0 Å². The molecule has 0 spiro atoms. The predicted octanol–water partition coefficient (Wildman–Crippen LogP) is 3.96. The number of rotatable bonds is 2. The number of aromatic nitrogens is 2. The summed E-state index contributed by atoms with van der Waals surface area (Å²) < 4.78 is 53.6. The third kappa shape index (κ3) is 4.03. The molecule has 3 heterocycles. The van der Waals surface area contributed by atoms with Crippen LogP contribution in [-0.2, 0) is 12.6 Å². The third-order valence-electron chi connectivity index (χ3n) is 4.85. The van der Waals surface area contributed by atoms with E-state index in [1.165, 1.54) is 6.07 Å². The number of nitrogens with one attached hydrogen (secondary N) is 2. The quantitative estimate of drug-likeness (QED) is 0.550. The first-order valence-electron chi connectivity index (χ1n) is 8.48. The first-order valence-corrected chi connectivity index (χ1v) is 8.85. The summed E-state index contributed by atoms with van der Waals surface area (Å²) in [6.45, 7) is 3.31. The number of nitrogens with zero attached hydrogens (tertiary/aromatic N) is 3. The zero-order valence-electron chi connectivity index (χ0n) is 14.5. The molecule has 5 nitrogen and oxygen atoms in total. The highest BCUT2D eigenvalue weighted by molar-refractivity contribution is 6.29. The predicted molar refractivity (Wildman–Crippen MR) is 99.9 cm³/mol. The summed E-state index contributed by atoms with van der Waals surface area (Å²) in [4.78, 5) is 8.88. The van der Waals surface area contributed by atoms with Gasteiger partial charge in [0.2, 0.25) is 5.82 Å². The summed E-state index contributed by atoms with van der Waals surface area (Å²) in [6, 6.07) is 4.58. The van der Waals surface area contributed by atoms with E-state index in [1.807, 2.05) is 6.07 Å². The number of benzene rings is 1. The maximum atomic E-state index is 15.0. The summed E-state index contributed by atoms with van der Waals surface area (Å²) in [5.74, 6) is -2.06. The minimum absolute atomic E-state index is 0. The van der Waals surface area contributed by atoms with E-state index in [-0.39, 0.29) is 35.1 Å². The van der Waals surface area contributed by atoms with Crippen LogP contribution in [-0.4, -0.2) is 41.0 Å². The monoisotopic (exact) mass is 437 g/mol. The van der Waals surface area contributed by atoms with Gasteiger partial charge in [0, 0.05) is 38.3 Å². The van der Waals surface area contributed by atoms with Crippen molar-refractivity contribution < 1.29 is 17.6 Å². The van der Waals surface area contributed by atoms with E-state index >= 15 is 4.39 Å². The molecular weight excluding hydrogens is 421 g/mol. The molecule has 1 atom stereocenters. The minimum atomic E-state index is -4.74. The van der Waals surface area contributed by atoms with Crippen molar-refractivity contribution in [2.45, 2.75) is 18.6 Å². The van der Waals surface area contributed by atoms with Crippen molar-refractivity contribution in [3.8, 4) is 0 Å². The molecule has 2 aromatic rings. The number of piperazine rings is 1. The van der Waals surface area contributed by atoms with Crippen LogP contribution < -0.4 is 10.6 Å². The van der Waals surface area contributed by atoms with Gasteiger partial charge in [0.1, 0.15) is 16.8 Å². The van der Waals surface area contributed by atoms with Crippen molar-refractivity contribution in [1.82, 2.24) is 20.2 Å². The summed E-state index contributed by atoms with van der Waals surface area (Å²) in [5, 5.41) is 5.54. The van der Waals surface area contributed by atoms with Gasteiger partial charge in [-0.05, 0) is 23.6 Å². The summed E-state index contributed by atoms with van der Waals surface area (Å²) in [6.07, 6.45) is -4.20. The first kappa shape index (κ1) is 21.0. The first-order chi connectivity index (χ1) is 12.8. The average Bonchev–Trinajstić information content (AvgIpc) is 2.62. The lowest BCUT2D eigenvalue weighted by Crippen LogP contribution is -2.49. The highest BCUT2D eigenvalue weighted by Gasteiger charge is 2.36. The molecule has 0 saturated carbocycles. The zero-order chi connectivity index (χ0) is 19.2. The van der Waals surface area contributed by atoms with E-state index in [2.05, 4.69) is 25.5 Å². The van der Waals surface area contributed by atoms with Gasteiger partial charge in [0.25, 0.3) is 0 Å². The molecule has 2 aliphatic heterocycles. The Balaban J connectivity index is 0.00000225. The van der Waals surface area contributed by atoms with Crippen LogP contribution in [0.2, 0.25) is 5.15 Å². The lowest BCUT2D eigenvalue weighted by molar-refractivity contribution is -0.144. The third-order valence-corrected chi connectivity index (χ3v) is 5.05. The molecule has 0 unspecified atom stereocenters. The minimum Gasteiger partial charge on any atom is -0.338 e. The molecular formula is C17H17Cl2F4N5. The molecule has 28 heavy (non-hydrogen) atoms. The number of hydrogen-bond acceptors (Lipinski definition) is 5. The Bertz CT molecular complexity index is 877. The van der Waals surface area contributed by atoms with Gasteiger partial charge >= 0.3 is 6.18 Å². The molecule has 152 valence electrons. The number of anilines is 2. The van der Waals surface area contributed by atoms with Crippen molar-refractivity contribution in [3.63, 3.8) is 0 Å². The van der Waals surface area contributed by atoms with Crippen LogP contribution in [0.15, 0.2) is 18.2 Å².